The molecule has 1 saturated heterocycles. The predicted molar refractivity (Wildman–Crippen MR) is 105 cm³/mol. The summed E-state index contributed by atoms with van der Waals surface area (Å²) in [7, 11) is 0. The average Bonchev–Trinajstić information content (AvgIpc) is 2.64. The minimum atomic E-state index is -0.200. The summed E-state index contributed by atoms with van der Waals surface area (Å²) < 4.78 is 0. The lowest BCUT2D eigenvalue weighted by Crippen LogP contribution is -2.43. The van der Waals surface area contributed by atoms with E-state index >= 15 is 0 Å². The molecule has 0 aromatic heterocycles. The molecule has 26 heavy (non-hydrogen) atoms. The van der Waals surface area contributed by atoms with E-state index in [-0.39, 0.29) is 17.7 Å². The summed E-state index contributed by atoms with van der Waals surface area (Å²) in [5.74, 6) is -0.304. The van der Waals surface area contributed by atoms with Crippen LogP contribution in [0.5, 0.6) is 0 Å². The maximum absolute atomic E-state index is 12.7. The number of piperidine rings is 1. The van der Waals surface area contributed by atoms with Crippen LogP contribution in [0.25, 0.3) is 0 Å². The molecule has 1 N–H and O–H groups in total. The zero-order valence-electron chi connectivity index (χ0n) is 15.1. The number of carbonyl (C=O) groups excluding carboxylic acids is 2. The normalized spacial score (nSPS) is 17.0. The second-order valence-corrected chi connectivity index (χ2v) is 7.33. The lowest BCUT2D eigenvalue weighted by Gasteiger charge is -2.32. The van der Waals surface area contributed by atoms with Crippen molar-refractivity contribution >= 4 is 29.1 Å². The molecule has 5 heteroatoms. The number of rotatable bonds is 3. The minimum absolute atomic E-state index is 0.0307. The van der Waals surface area contributed by atoms with E-state index in [1.807, 2.05) is 32.0 Å². The van der Waals surface area contributed by atoms with Crippen molar-refractivity contribution in [3.63, 3.8) is 0 Å². The van der Waals surface area contributed by atoms with Gasteiger partial charge in [0.1, 0.15) is 0 Å². The van der Waals surface area contributed by atoms with E-state index in [4.69, 9.17) is 11.6 Å². The second kappa shape index (κ2) is 7.92. The highest BCUT2D eigenvalue weighted by molar-refractivity contribution is 6.30. The molecule has 0 bridgehead atoms. The third-order valence-corrected chi connectivity index (χ3v) is 5.16. The Morgan fingerprint density at radius 2 is 1.92 bits per heavy atom. The maximum Gasteiger partial charge on any atom is 0.253 e. The van der Waals surface area contributed by atoms with Crippen LogP contribution < -0.4 is 5.32 Å². The molecule has 1 aliphatic rings. The Bertz CT molecular complexity index is 835. The quantitative estimate of drug-likeness (QED) is 0.867. The first-order chi connectivity index (χ1) is 12.4. The van der Waals surface area contributed by atoms with E-state index in [1.165, 1.54) is 5.56 Å². The van der Waals surface area contributed by atoms with Crippen LogP contribution in [0.3, 0.4) is 0 Å². The van der Waals surface area contributed by atoms with Crippen molar-refractivity contribution in [3.8, 4) is 0 Å². The molecule has 1 unspecified atom stereocenters. The first-order valence-corrected chi connectivity index (χ1v) is 9.25. The summed E-state index contributed by atoms with van der Waals surface area (Å²) in [5, 5.41) is 3.53. The molecule has 2 amide bonds. The average molecular weight is 371 g/mol. The second-order valence-electron chi connectivity index (χ2n) is 6.89. The largest absolute Gasteiger partial charge is 0.338 e. The molecule has 2 aromatic carbocycles. The van der Waals surface area contributed by atoms with E-state index < -0.39 is 0 Å². The van der Waals surface area contributed by atoms with Gasteiger partial charge in [-0.1, -0.05) is 23.7 Å². The Kier molecular flexibility index (Phi) is 5.62. The molecule has 136 valence electrons. The summed E-state index contributed by atoms with van der Waals surface area (Å²) in [6.45, 7) is 5.17. The van der Waals surface area contributed by atoms with E-state index in [2.05, 4.69) is 5.32 Å². The smallest absolute Gasteiger partial charge is 0.253 e. The molecule has 2 aromatic rings. The summed E-state index contributed by atoms with van der Waals surface area (Å²) in [6.07, 6.45) is 1.60. The number of benzene rings is 2. The van der Waals surface area contributed by atoms with Crippen LogP contribution in [0.1, 0.15) is 34.3 Å². The van der Waals surface area contributed by atoms with Gasteiger partial charge in [0.05, 0.1) is 5.92 Å². The Morgan fingerprint density at radius 1 is 1.12 bits per heavy atom. The summed E-state index contributed by atoms with van der Waals surface area (Å²) >= 11 is 5.99. The fourth-order valence-electron chi connectivity index (χ4n) is 3.24. The first kappa shape index (κ1) is 18.5. The lowest BCUT2D eigenvalue weighted by molar-refractivity contribution is -0.121. The summed E-state index contributed by atoms with van der Waals surface area (Å²) in [6, 6.07) is 12.8. The van der Waals surface area contributed by atoms with Crippen molar-refractivity contribution in [3.05, 3.63) is 64.2 Å². The van der Waals surface area contributed by atoms with Gasteiger partial charge in [0.15, 0.2) is 0 Å². The van der Waals surface area contributed by atoms with Crippen LogP contribution in [0.4, 0.5) is 5.69 Å². The van der Waals surface area contributed by atoms with Crippen LogP contribution in [0.2, 0.25) is 5.02 Å². The zero-order valence-corrected chi connectivity index (χ0v) is 15.8. The molecule has 4 nitrogen and oxygen atoms in total. The van der Waals surface area contributed by atoms with E-state index in [9.17, 15) is 9.59 Å². The van der Waals surface area contributed by atoms with E-state index in [0.717, 1.165) is 24.1 Å². The third kappa shape index (κ3) is 4.25. The number of anilines is 1. The number of nitrogens with zero attached hydrogens (tertiary/aromatic N) is 1. The third-order valence-electron chi connectivity index (χ3n) is 4.93. The first-order valence-electron chi connectivity index (χ1n) is 8.87. The van der Waals surface area contributed by atoms with Crippen molar-refractivity contribution in [2.75, 3.05) is 18.4 Å². The maximum atomic E-state index is 12.7. The Labute approximate surface area is 159 Å². The number of aryl methyl sites for hydroxylation is 2. The Morgan fingerprint density at radius 3 is 2.65 bits per heavy atom. The highest BCUT2D eigenvalue weighted by Gasteiger charge is 2.29. The molecular weight excluding hydrogens is 348 g/mol. The SMILES string of the molecule is Cc1ccc(NC(=O)C2CCCN(C(=O)c3cccc(Cl)c3)C2)cc1C. The van der Waals surface area contributed by atoms with Gasteiger partial charge >= 0.3 is 0 Å². The number of halogens is 1. The molecule has 0 aliphatic carbocycles. The van der Waals surface area contributed by atoms with Crippen molar-refractivity contribution in [2.24, 2.45) is 5.92 Å². The fraction of sp³-hybridized carbons (Fsp3) is 0.333. The van der Waals surface area contributed by atoms with Crippen LogP contribution in [-0.2, 0) is 4.79 Å². The van der Waals surface area contributed by atoms with Gasteiger partial charge in [0.2, 0.25) is 5.91 Å². The number of amides is 2. The van der Waals surface area contributed by atoms with Crippen molar-refractivity contribution in [1.82, 2.24) is 4.90 Å². The van der Waals surface area contributed by atoms with Gasteiger partial charge < -0.3 is 10.2 Å². The van der Waals surface area contributed by atoms with Gasteiger partial charge in [0.25, 0.3) is 5.91 Å². The van der Waals surface area contributed by atoms with Crippen molar-refractivity contribution < 1.29 is 9.59 Å². The van der Waals surface area contributed by atoms with Crippen LogP contribution in [0, 0.1) is 19.8 Å². The van der Waals surface area contributed by atoms with Gasteiger partial charge in [-0.15, -0.1) is 0 Å². The molecule has 1 heterocycles. The molecule has 0 spiro atoms. The predicted octanol–water partition coefficient (Wildman–Crippen LogP) is 4.45. The highest BCUT2D eigenvalue weighted by Crippen LogP contribution is 2.22. The minimum Gasteiger partial charge on any atom is -0.338 e. The molecule has 0 radical (unpaired) electrons. The topological polar surface area (TPSA) is 49.4 Å². The Hall–Kier alpha value is -2.33. The number of hydrogen-bond donors (Lipinski definition) is 1. The van der Waals surface area contributed by atoms with Gasteiger partial charge in [-0.2, -0.15) is 0 Å². The number of nitrogens with one attached hydrogen (secondary N) is 1. The van der Waals surface area contributed by atoms with Gasteiger partial charge in [0, 0.05) is 29.4 Å². The molecule has 1 atom stereocenters. The van der Waals surface area contributed by atoms with Gasteiger partial charge in [-0.25, -0.2) is 0 Å². The summed E-state index contributed by atoms with van der Waals surface area (Å²) in [4.78, 5) is 27.1. The zero-order chi connectivity index (χ0) is 18.7. The van der Waals surface area contributed by atoms with Crippen molar-refractivity contribution in [2.45, 2.75) is 26.7 Å². The fourth-order valence-corrected chi connectivity index (χ4v) is 3.43. The number of likely N-dealkylation sites (tertiary alicyclic amines) is 1. The van der Waals surface area contributed by atoms with Gasteiger partial charge in [-0.05, 0) is 68.1 Å². The van der Waals surface area contributed by atoms with Crippen LogP contribution in [0.15, 0.2) is 42.5 Å². The summed E-state index contributed by atoms with van der Waals surface area (Å²) in [5.41, 5.74) is 3.70. The lowest BCUT2D eigenvalue weighted by atomic mass is 9.96. The highest BCUT2D eigenvalue weighted by atomic mass is 35.5. The number of carbonyl (C=O) groups is 2. The van der Waals surface area contributed by atoms with Gasteiger partial charge in [-0.3, -0.25) is 9.59 Å². The monoisotopic (exact) mass is 370 g/mol. The van der Waals surface area contributed by atoms with E-state index in [1.54, 1.807) is 29.2 Å². The molecular formula is C21H23ClN2O2. The molecule has 1 aliphatic heterocycles. The standard InChI is InChI=1S/C21H23ClN2O2/c1-14-8-9-19(11-15(14)2)23-20(25)17-6-4-10-24(13-17)21(26)16-5-3-7-18(22)12-16/h3,5,7-9,11-12,17H,4,6,10,13H2,1-2H3,(H,23,25). The molecule has 3 rings (SSSR count). The number of hydrogen-bond acceptors (Lipinski definition) is 2. The van der Waals surface area contributed by atoms with Crippen LogP contribution in [-0.4, -0.2) is 29.8 Å². The molecule has 1 fully saturated rings. The van der Waals surface area contributed by atoms with E-state index in [0.29, 0.717) is 23.7 Å². The Balaban J connectivity index is 1.66. The van der Waals surface area contributed by atoms with Crippen LogP contribution >= 0.6 is 11.6 Å². The van der Waals surface area contributed by atoms with Crippen molar-refractivity contribution in [1.29, 1.82) is 0 Å². The molecule has 0 saturated carbocycles.